The fourth-order valence-electron chi connectivity index (χ4n) is 4.65. The molecule has 2 atom stereocenters. The highest BCUT2D eigenvalue weighted by atomic mass is 32.2. The van der Waals surface area contributed by atoms with Crippen molar-refractivity contribution in [1.82, 2.24) is 15.2 Å². The van der Waals surface area contributed by atoms with E-state index >= 15 is 0 Å². The number of methoxy groups -OCH3 is 1. The van der Waals surface area contributed by atoms with Crippen molar-refractivity contribution in [2.24, 2.45) is 0 Å². The molecule has 11 heteroatoms. The van der Waals surface area contributed by atoms with Crippen molar-refractivity contribution in [2.45, 2.75) is 36.4 Å². The molecule has 0 saturated carbocycles. The van der Waals surface area contributed by atoms with E-state index in [1.807, 2.05) is 30.3 Å². The van der Waals surface area contributed by atoms with Gasteiger partial charge in [-0.2, -0.15) is 13.2 Å². The highest BCUT2D eigenvalue weighted by Gasteiger charge is 2.40. The minimum Gasteiger partial charge on any atom is -0.481 e. The summed E-state index contributed by atoms with van der Waals surface area (Å²) in [5.41, 5.74) is 1.02. The Bertz CT molecular complexity index is 1380. The molecule has 1 aliphatic heterocycles. The minimum absolute atomic E-state index is 0.00598. The van der Waals surface area contributed by atoms with Gasteiger partial charge in [-0.05, 0) is 29.3 Å². The van der Waals surface area contributed by atoms with Crippen molar-refractivity contribution < 1.29 is 31.1 Å². The first-order valence-corrected chi connectivity index (χ1v) is 13.7. The van der Waals surface area contributed by atoms with Crippen LogP contribution in [0.2, 0.25) is 0 Å². The molecule has 38 heavy (non-hydrogen) atoms. The monoisotopic (exact) mass is 547 g/mol. The molecule has 1 aliphatic rings. The van der Waals surface area contributed by atoms with Gasteiger partial charge in [0.05, 0.1) is 23.3 Å². The second kappa shape index (κ2) is 11.0. The largest absolute Gasteiger partial charge is 0.481 e. The molecule has 0 aliphatic carbocycles. The van der Waals surface area contributed by atoms with Gasteiger partial charge < -0.3 is 15.0 Å². The fraction of sp³-hybridized carbons (Fsp3) is 0.333. The molecule has 2 heterocycles. The van der Waals surface area contributed by atoms with Crippen LogP contribution in [-0.2, 0) is 22.6 Å². The number of rotatable bonds is 7. The molecule has 1 N–H and O–H groups in total. The lowest BCUT2D eigenvalue weighted by atomic mass is 9.84. The summed E-state index contributed by atoms with van der Waals surface area (Å²) in [4.78, 5) is 18.8. The zero-order valence-electron chi connectivity index (χ0n) is 20.9. The van der Waals surface area contributed by atoms with Crippen molar-refractivity contribution in [3.63, 3.8) is 0 Å². The summed E-state index contributed by atoms with van der Waals surface area (Å²) in [5, 5.41) is 2.83. The van der Waals surface area contributed by atoms with Crippen LogP contribution in [0.1, 0.15) is 41.0 Å². The number of ether oxygens (including phenoxy) is 1. The van der Waals surface area contributed by atoms with Gasteiger partial charge in [0, 0.05) is 43.2 Å². The van der Waals surface area contributed by atoms with E-state index in [1.165, 1.54) is 19.2 Å². The number of hydrogen-bond acceptors (Lipinski definition) is 5. The molecule has 2 aromatic carbocycles. The Morgan fingerprint density at radius 3 is 2.34 bits per heavy atom. The number of amides is 2. The lowest BCUT2D eigenvalue weighted by Gasteiger charge is -2.21. The van der Waals surface area contributed by atoms with Gasteiger partial charge >= 0.3 is 12.2 Å². The normalized spacial score (nSPS) is 17.9. The van der Waals surface area contributed by atoms with Crippen LogP contribution in [0.3, 0.4) is 0 Å². The first-order chi connectivity index (χ1) is 18.0. The molecule has 1 fully saturated rings. The molecule has 7 nitrogen and oxygen atoms in total. The van der Waals surface area contributed by atoms with E-state index in [4.69, 9.17) is 4.74 Å². The van der Waals surface area contributed by atoms with E-state index in [-0.39, 0.29) is 48.1 Å². The lowest BCUT2D eigenvalue weighted by molar-refractivity contribution is -0.137. The SMILES string of the molecule is CCS(=O)(=O)c1ccc(CNC(=O)N2CC(c3ccccc3)C(c3cc(C(F)(F)F)cnc3OC)C2)cc1. The Morgan fingerprint density at radius 1 is 1.08 bits per heavy atom. The van der Waals surface area contributed by atoms with Crippen LogP contribution in [0.15, 0.2) is 71.8 Å². The van der Waals surface area contributed by atoms with Crippen molar-refractivity contribution in [2.75, 3.05) is 26.0 Å². The van der Waals surface area contributed by atoms with E-state index < -0.39 is 27.5 Å². The maximum absolute atomic E-state index is 13.5. The van der Waals surface area contributed by atoms with Gasteiger partial charge in [0.2, 0.25) is 5.88 Å². The molecule has 0 spiro atoms. The van der Waals surface area contributed by atoms with Gasteiger partial charge in [0.1, 0.15) is 0 Å². The van der Waals surface area contributed by atoms with Crippen LogP contribution in [0, 0.1) is 0 Å². The number of sulfone groups is 1. The molecular weight excluding hydrogens is 519 g/mol. The van der Waals surface area contributed by atoms with E-state index in [1.54, 1.807) is 24.0 Å². The highest BCUT2D eigenvalue weighted by Crippen LogP contribution is 2.44. The smallest absolute Gasteiger partial charge is 0.417 e. The maximum atomic E-state index is 13.5. The van der Waals surface area contributed by atoms with Gasteiger partial charge in [-0.3, -0.25) is 0 Å². The second-order valence-electron chi connectivity index (χ2n) is 9.05. The summed E-state index contributed by atoms with van der Waals surface area (Å²) in [5.74, 6) is -0.673. The van der Waals surface area contributed by atoms with Gasteiger partial charge in [-0.1, -0.05) is 49.4 Å². The third-order valence-electron chi connectivity index (χ3n) is 6.74. The van der Waals surface area contributed by atoms with E-state index in [0.29, 0.717) is 11.1 Å². The number of alkyl halides is 3. The molecule has 0 radical (unpaired) electrons. The zero-order chi connectivity index (χ0) is 27.5. The number of nitrogens with zero attached hydrogens (tertiary/aromatic N) is 2. The number of aromatic nitrogens is 1. The maximum Gasteiger partial charge on any atom is 0.417 e. The standard InChI is InChI=1S/C27H28F3N3O4S/c1-3-38(35,36)21-11-9-18(10-12-21)14-32-26(34)33-16-23(19-7-5-4-6-8-19)24(17-33)22-13-20(27(28,29)30)15-31-25(22)37-2/h4-13,15,23-24H,3,14,16-17H2,1-2H3,(H,32,34). The number of carbonyl (C=O) groups is 1. The van der Waals surface area contributed by atoms with Crippen LogP contribution >= 0.6 is 0 Å². The Balaban J connectivity index is 1.56. The van der Waals surface area contributed by atoms with E-state index in [2.05, 4.69) is 10.3 Å². The van der Waals surface area contributed by atoms with Gasteiger partial charge in [0.15, 0.2) is 9.84 Å². The average Bonchev–Trinajstić information content (AvgIpc) is 3.37. The molecular formula is C27H28F3N3O4S. The molecule has 2 amide bonds. The summed E-state index contributed by atoms with van der Waals surface area (Å²) in [6.45, 7) is 2.18. The first kappa shape index (κ1) is 27.4. The molecule has 1 aromatic heterocycles. The van der Waals surface area contributed by atoms with Crippen molar-refractivity contribution >= 4 is 15.9 Å². The molecule has 3 aromatic rings. The van der Waals surface area contributed by atoms with Crippen LogP contribution in [0.4, 0.5) is 18.0 Å². The number of benzene rings is 2. The second-order valence-corrected chi connectivity index (χ2v) is 11.3. The Labute approximate surface area is 219 Å². The summed E-state index contributed by atoms with van der Waals surface area (Å²) >= 11 is 0. The number of urea groups is 1. The van der Waals surface area contributed by atoms with Crippen LogP contribution in [0.5, 0.6) is 5.88 Å². The van der Waals surface area contributed by atoms with Crippen molar-refractivity contribution in [1.29, 1.82) is 0 Å². The van der Waals surface area contributed by atoms with Crippen LogP contribution in [0.25, 0.3) is 0 Å². The Hall–Kier alpha value is -3.60. The van der Waals surface area contributed by atoms with Crippen LogP contribution in [-0.4, -0.2) is 50.3 Å². The van der Waals surface area contributed by atoms with Crippen molar-refractivity contribution in [3.8, 4) is 5.88 Å². The molecule has 2 unspecified atom stereocenters. The predicted molar refractivity (Wildman–Crippen MR) is 136 cm³/mol. The minimum atomic E-state index is -4.57. The third-order valence-corrected chi connectivity index (χ3v) is 8.49. The van der Waals surface area contributed by atoms with E-state index in [0.717, 1.165) is 17.8 Å². The molecule has 202 valence electrons. The van der Waals surface area contributed by atoms with Crippen LogP contribution < -0.4 is 10.1 Å². The van der Waals surface area contributed by atoms with Crippen molar-refractivity contribution in [3.05, 3.63) is 89.1 Å². The third kappa shape index (κ3) is 5.93. The first-order valence-electron chi connectivity index (χ1n) is 12.0. The average molecular weight is 548 g/mol. The number of halogens is 3. The van der Waals surface area contributed by atoms with Gasteiger partial charge in [0.25, 0.3) is 0 Å². The molecule has 4 rings (SSSR count). The summed E-state index contributed by atoms with van der Waals surface area (Å²) in [6.07, 6.45) is -3.83. The lowest BCUT2D eigenvalue weighted by Crippen LogP contribution is -2.38. The molecule has 0 bridgehead atoms. The fourth-order valence-corrected chi connectivity index (χ4v) is 5.54. The summed E-state index contributed by atoms with van der Waals surface area (Å²) in [6, 6.07) is 16.3. The number of likely N-dealkylation sites (tertiary alicyclic amines) is 1. The number of hydrogen-bond donors (Lipinski definition) is 1. The summed E-state index contributed by atoms with van der Waals surface area (Å²) in [7, 11) is -1.97. The summed E-state index contributed by atoms with van der Waals surface area (Å²) < 4.78 is 69.8. The Kier molecular flexibility index (Phi) is 7.96. The van der Waals surface area contributed by atoms with Gasteiger partial charge in [-0.25, -0.2) is 18.2 Å². The van der Waals surface area contributed by atoms with E-state index in [9.17, 15) is 26.4 Å². The quantitative estimate of drug-likeness (QED) is 0.450. The molecule has 1 saturated heterocycles. The number of carbonyl (C=O) groups excluding carboxylic acids is 1. The topological polar surface area (TPSA) is 88.6 Å². The number of nitrogens with one attached hydrogen (secondary N) is 1. The highest BCUT2D eigenvalue weighted by molar-refractivity contribution is 7.91. The zero-order valence-corrected chi connectivity index (χ0v) is 21.7. The predicted octanol–water partition coefficient (Wildman–Crippen LogP) is 5.00. The number of pyridine rings is 1. The Morgan fingerprint density at radius 2 is 1.74 bits per heavy atom. The van der Waals surface area contributed by atoms with Gasteiger partial charge in [-0.15, -0.1) is 0 Å².